The second-order valence-electron chi connectivity index (χ2n) is 5.19. The van der Waals surface area contributed by atoms with E-state index in [0.29, 0.717) is 6.54 Å². The predicted molar refractivity (Wildman–Crippen MR) is 80.2 cm³/mol. The molecule has 0 amide bonds. The number of rotatable bonds is 5. The lowest BCUT2D eigenvalue weighted by atomic mass is 9.97. The van der Waals surface area contributed by atoms with Crippen LogP contribution in [-0.2, 0) is 0 Å². The molecule has 0 aromatic heterocycles. The average molecular weight is 273 g/mol. The monoisotopic (exact) mass is 273 g/mol. The van der Waals surface area contributed by atoms with Crippen LogP contribution in [0.3, 0.4) is 0 Å². The van der Waals surface area contributed by atoms with Crippen LogP contribution in [0, 0.1) is 11.7 Å². The fourth-order valence-corrected chi connectivity index (χ4v) is 2.33. The zero-order chi connectivity index (χ0) is 14.5. The van der Waals surface area contributed by atoms with Gasteiger partial charge in [0.15, 0.2) is 0 Å². The van der Waals surface area contributed by atoms with Crippen molar-refractivity contribution in [3.05, 3.63) is 66.0 Å². The number of hydrogen-bond donors (Lipinski definition) is 1. The Labute approximate surface area is 119 Å². The van der Waals surface area contributed by atoms with Gasteiger partial charge in [-0.1, -0.05) is 43.3 Å². The van der Waals surface area contributed by atoms with Crippen molar-refractivity contribution in [1.29, 1.82) is 0 Å². The second kappa shape index (κ2) is 6.53. The van der Waals surface area contributed by atoms with Gasteiger partial charge in [-0.2, -0.15) is 0 Å². The number of nitrogens with zero attached hydrogens (tertiary/aromatic N) is 1. The van der Waals surface area contributed by atoms with Gasteiger partial charge in [0.25, 0.3) is 0 Å². The Morgan fingerprint density at radius 1 is 1.10 bits per heavy atom. The van der Waals surface area contributed by atoms with Crippen LogP contribution in [0.5, 0.6) is 0 Å². The molecule has 0 heterocycles. The third kappa shape index (κ3) is 3.58. The molecule has 2 atom stereocenters. The van der Waals surface area contributed by atoms with E-state index < -0.39 is 6.10 Å². The van der Waals surface area contributed by atoms with Crippen molar-refractivity contribution in [2.75, 3.05) is 18.5 Å². The first-order chi connectivity index (χ1) is 9.58. The van der Waals surface area contributed by atoms with Crippen LogP contribution in [0.15, 0.2) is 54.6 Å². The molecule has 3 heteroatoms. The normalized spacial score (nSPS) is 13.8. The summed E-state index contributed by atoms with van der Waals surface area (Å²) in [6.07, 6.45) is -0.521. The molecule has 0 saturated heterocycles. The van der Waals surface area contributed by atoms with E-state index in [1.807, 2.05) is 55.3 Å². The van der Waals surface area contributed by atoms with Crippen LogP contribution in [0.1, 0.15) is 18.6 Å². The van der Waals surface area contributed by atoms with Gasteiger partial charge in [-0.25, -0.2) is 4.39 Å². The number of aliphatic hydroxyl groups excluding tert-OH is 1. The van der Waals surface area contributed by atoms with Crippen molar-refractivity contribution in [3.8, 4) is 0 Å². The van der Waals surface area contributed by atoms with Gasteiger partial charge in [-0.15, -0.1) is 0 Å². The molecule has 0 aliphatic carbocycles. The number of aliphatic hydroxyl groups is 1. The molecular formula is C17H20FNO. The minimum atomic E-state index is -0.521. The van der Waals surface area contributed by atoms with E-state index in [2.05, 4.69) is 0 Å². The highest BCUT2D eigenvalue weighted by Gasteiger charge is 2.18. The van der Waals surface area contributed by atoms with Crippen molar-refractivity contribution in [2.45, 2.75) is 13.0 Å². The Kier molecular flexibility index (Phi) is 4.74. The molecule has 0 spiro atoms. The SMILES string of the molecule is CC(CN(C)c1cccc(F)c1)C(O)c1ccccc1. The zero-order valence-corrected chi connectivity index (χ0v) is 11.8. The Morgan fingerprint density at radius 2 is 1.80 bits per heavy atom. The average Bonchev–Trinajstić information content (AvgIpc) is 2.47. The lowest BCUT2D eigenvalue weighted by Crippen LogP contribution is -2.27. The molecule has 0 saturated carbocycles. The van der Waals surface area contributed by atoms with E-state index in [1.165, 1.54) is 12.1 Å². The van der Waals surface area contributed by atoms with E-state index in [-0.39, 0.29) is 11.7 Å². The summed E-state index contributed by atoms with van der Waals surface area (Å²) in [5.41, 5.74) is 1.73. The van der Waals surface area contributed by atoms with E-state index in [1.54, 1.807) is 6.07 Å². The lowest BCUT2D eigenvalue weighted by molar-refractivity contribution is 0.121. The first-order valence-corrected chi connectivity index (χ1v) is 6.77. The molecule has 2 aromatic carbocycles. The smallest absolute Gasteiger partial charge is 0.125 e. The van der Waals surface area contributed by atoms with Gasteiger partial charge in [0.05, 0.1) is 6.10 Å². The highest BCUT2D eigenvalue weighted by atomic mass is 19.1. The van der Waals surface area contributed by atoms with E-state index >= 15 is 0 Å². The third-order valence-electron chi connectivity index (χ3n) is 3.49. The number of anilines is 1. The van der Waals surface area contributed by atoms with Gasteiger partial charge >= 0.3 is 0 Å². The van der Waals surface area contributed by atoms with E-state index in [0.717, 1.165) is 11.3 Å². The number of halogens is 1. The topological polar surface area (TPSA) is 23.5 Å². The first kappa shape index (κ1) is 14.5. The summed E-state index contributed by atoms with van der Waals surface area (Å²) >= 11 is 0. The second-order valence-corrected chi connectivity index (χ2v) is 5.19. The molecule has 0 fully saturated rings. The van der Waals surface area contributed by atoms with Crippen molar-refractivity contribution >= 4 is 5.69 Å². The van der Waals surface area contributed by atoms with Crippen LogP contribution in [-0.4, -0.2) is 18.7 Å². The summed E-state index contributed by atoms with van der Waals surface area (Å²) in [4.78, 5) is 1.96. The summed E-state index contributed by atoms with van der Waals surface area (Å²) < 4.78 is 13.2. The maximum absolute atomic E-state index is 13.2. The van der Waals surface area contributed by atoms with Crippen molar-refractivity contribution < 1.29 is 9.50 Å². The largest absolute Gasteiger partial charge is 0.388 e. The van der Waals surface area contributed by atoms with Crippen LogP contribution in [0.2, 0.25) is 0 Å². The molecule has 2 aromatic rings. The zero-order valence-electron chi connectivity index (χ0n) is 11.8. The first-order valence-electron chi connectivity index (χ1n) is 6.77. The standard InChI is InChI=1S/C17H20FNO/c1-13(17(20)14-7-4-3-5-8-14)12-19(2)16-10-6-9-15(18)11-16/h3-11,13,17,20H,12H2,1-2H3. The Balaban J connectivity index is 2.02. The quantitative estimate of drug-likeness (QED) is 0.899. The maximum Gasteiger partial charge on any atom is 0.125 e. The minimum absolute atomic E-state index is 0.0469. The van der Waals surface area contributed by atoms with Gasteiger partial charge < -0.3 is 10.0 Å². The molecule has 2 unspecified atom stereocenters. The van der Waals surface area contributed by atoms with Crippen LogP contribution in [0.4, 0.5) is 10.1 Å². The maximum atomic E-state index is 13.2. The summed E-state index contributed by atoms with van der Waals surface area (Å²) in [5.74, 6) is -0.198. The van der Waals surface area contributed by atoms with Crippen molar-refractivity contribution in [3.63, 3.8) is 0 Å². The highest BCUT2D eigenvalue weighted by molar-refractivity contribution is 5.45. The van der Waals surface area contributed by atoms with Gasteiger partial charge in [0.1, 0.15) is 5.82 Å². The molecular weight excluding hydrogens is 253 g/mol. The number of hydrogen-bond acceptors (Lipinski definition) is 2. The summed E-state index contributed by atoms with van der Waals surface area (Å²) in [6.45, 7) is 2.65. The predicted octanol–water partition coefficient (Wildman–Crippen LogP) is 3.63. The van der Waals surface area contributed by atoms with Gasteiger partial charge in [0.2, 0.25) is 0 Å². The minimum Gasteiger partial charge on any atom is -0.388 e. The lowest BCUT2D eigenvalue weighted by Gasteiger charge is -2.26. The molecule has 0 aliphatic rings. The fourth-order valence-electron chi connectivity index (χ4n) is 2.33. The summed E-state index contributed by atoms with van der Waals surface area (Å²) in [7, 11) is 1.91. The molecule has 20 heavy (non-hydrogen) atoms. The summed E-state index contributed by atoms with van der Waals surface area (Å²) in [6, 6.07) is 16.1. The Bertz CT molecular complexity index is 544. The Morgan fingerprint density at radius 3 is 2.45 bits per heavy atom. The molecule has 106 valence electrons. The van der Waals surface area contributed by atoms with Crippen LogP contribution < -0.4 is 4.90 Å². The van der Waals surface area contributed by atoms with Gasteiger partial charge in [0, 0.05) is 25.2 Å². The van der Waals surface area contributed by atoms with Gasteiger partial charge in [-0.3, -0.25) is 0 Å². The molecule has 2 nitrogen and oxygen atoms in total. The van der Waals surface area contributed by atoms with Crippen molar-refractivity contribution in [2.24, 2.45) is 5.92 Å². The van der Waals surface area contributed by atoms with Crippen LogP contribution >= 0.6 is 0 Å². The van der Waals surface area contributed by atoms with E-state index in [4.69, 9.17) is 0 Å². The molecule has 2 rings (SSSR count). The van der Waals surface area contributed by atoms with Crippen LogP contribution in [0.25, 0.3) is 0 Å². The Hall–Kier alpha value is -1.87. The van der Waals surface area contributed by atoms with Gasteiger partial charge in [-0.05, 0) is 23.8 Å². The third-order valence-corrected chi connectivity index (χ3v) is 3.49. The molecule has 0 aliphatic heterocycles. The number of benzene rings is 2. The molecule has 0 radical (unpaired) electrons. The van der Waals surface area contributed by atoms with Crippen molar-refractivity contribution in [1.82, 2.24) is 0 Å². The molecule has 1 N–H and O–H groups in total. The molecule has 0 bridgehead atoms. The highest BCUT2D eigenvalue weighted by Crippen LogP contribution is 2.24. The summed E-state index contributed by atoms with van der Waals surface area (Å²) in [5, 5.41) is 10.3. The fraction of sp³-hybridized carbons (Fsp3) is 0.294. The van der Waals surface area contributed by atoms with E-state index in [9.17, 15) is 9.50 Å².